The number of hydrogen-bond donors (Lipinski definition) is 2. The second-order valence-corrected chi connectivity index (χ2v) is 6.40. The number of benzene rings is 2. The summed E-state index contributed by atoms with van der Waals surface area (Å²) in [5, 5.41) is 7.66. The molecule has 0 aliphatic heterocycles. The first-order chi connectivity index (χ1) is 11.7. The smallest absolute Gasteiger partial charge is 0.255 e. The van der Waals surface area contributed by atoms with E-state index < -0.39 is 0 Å². The van der Waals surface area contributed by atoms with Crippen LogP contribution >= 0.6 is 11.8 Å². The van der Waals surface area contributed by atoms with Crippen molar-refractivity contribution in [2.45, 2.75) is 17.8 Å². The number of nitrogen functional groups attached to an aromatic ring is 1. The summed E-state index contributed by atoms with van der Waals surface area (Å²) >= 11 is 1.59. The third kappa shape index (κ3) is 2.68. The molecule has 2 aromatic carbocycles. The van der Waals surface area contributed by atoms with Crippen LogP contribution in [0.15, 0.2) is 53.7 Å². The van der Waals surface area contributed by atoms with Crippen molar-refractivity contribution in [3.05, 3.63) is 59.8 Å². The molecule has 0 saturated heterocycles. The van der Waals surface area contributed by atoms with Gasteiger partial charge in [-0.25, -0.2) is 10.8 Å². The third-order valence-electron chi connectivity index (χ3n) is 3.81. The normalized spacial score (nSPS) is 11.2. The first-order valence-electron chi connectivity index (χ1n) is 7.55. The number of fused-ring (bicyclic) bond motifs is 2. The maximum Gasteiger partial charge on any atom is 0.255 e. The van der Waals surface area contributed by atoms with E-state index in [-0.39, 0.29) is 0 Å². The zero-order chi connectivity index (χ0) is 16.5. The van der Waals surface area contributed by atoms with Crippen LogP contribution in [-0.4, -0.2) is 19.6 Å². The molecule has 6 nitrogen and oxygen atoms in total. The van der Waals surface area contributed by atoms with Crippen molar-refractivity contribution in [3.63, 3.8) is 0 Å². The highest BCUT2D eigenvalue weighted by Crippen LogP contribution is 2.26. The maximum atomic E-state index is 5.55. The highest BCUT2D eigenvalue weighted by atomic mass is 32.2. The van der Waals surface area contributed by atoms with E-state index >= 15 is 0 Å². The Labute approximate surface area is 143 Å². The summed E-state index contributed by atoms with van der Waals surface area (Å²) in [4.78, 5) is 8.88. The summed E-state index contributed by atoms with van der Waals surface area (Å²) < 4.78 is 1.62. The molecule has 0 amide bonds. The average molecular weight is 336 g/mol. The Balaban J connectivity index is 1.65. The Morgan fingerprint density at radius 3 is 2.83 bits per heavy atom. The van der Waals surface area contributed by atoms with Gasteiger partial charge in [0.1, 0.15) is 5.82 Å². The predicted molar refractivity (Wildman–Crippen MR) is 96.8 cm³/mol. The van der Waals surface area contributed by atoms with Gasteiger partial charge in [0.2, 0.25) is 5.16 Å². The standard InChI is InChI=1S/C17H16N6S/c1-11-9-15(21-18)23-16(19-11)20-17(22-23)24-10-13-7-4-6-12-5-2-3-8-14(12)13/h2-9,21H,10,18H2,1H3. The van der Waals surface area contributed by atoms with Gasteiger partial charge in [0.25, 0.3) is 5.78 Å². The maximum absolute atomic E-state index is 5.55. The fourth-order valence-electron chi connectivity index (χ4n) is 2.69. The molecule has 0 atom stereocenters. The Kier molecular flexibility index (Phi) is 3.79. The van der Waals surface area contributed by atoms with E-state index in [1.165, 1.54) is 16.3 Å². The Morgan fingerprint density at radius 1 is 1.12 bits per heavy atom. The van der Waals surface area contributed by atoms with Crippen LogP contribution in [0.25, 0.3) is 16.6 Å². The van der Waals surface area contributed by atoms with E-state index in [2.05, 4.69) is 63.0 Å². The van der Waals surface area contributed by atoms with Gasteiger partial charge in [-0.05, 0) is 23.3 Å². The Morgan fingerprint density at radius 2 is 1.96 bits per heavy atom. The van der Waals surface area contributed by atoms with E-state index in [1.807, 2.05) is 13.0 Å². The Bertz CT molecular complexity index is 1020. The number of hydrogen-bond acceptors (Lipinski definition) is 6. The molecule has 0 spiro atoms. The number of aryl methyl sites for hydroxylation is 1. The molecule has 0 saturated carbocycles. The van der Waals surface area contributed by atoms with E-state index in [4.69, 9.17) is 5.84 Å². The van der Waals surface area contributed by atoms with Gasteiger partial charge >= 0.3 is 0 Å². The first-order valence-corrected chi connectivity index (χ1v) is 8.53. The summed E-state index contributed by atoms with van der Waals surface area (Å²) in [6, 6.07) is 16.6. The summed E-state index contributed by atoms with van der Waals surface area (Å²) in [6.07, 6.45) is 0. The van der Waals surface area contributed by atoms with Crippen LogP contribution in [-0.2, 0) is 5.75 Å². The molecule has 4 aromatic rings. The van der Waals surface area contributed by atoms with E-state index in [1.54, 1.807) is 16.3 Å². The molecule has 2 heterocycles. The highest BCUT2D eigenvalue weighted by Gasteiger charge is 2.10. The zero-order valence-electron chi connectivity index (χ0n) is 13.1. The van der Waals surface area contributed by atoms with Crippen molar-refractivity contribution in [2.24, 2.45) is 5.84 Å². The van der Waals surface area contributed by atoms with Gasteiger partial charge in [0.15, 0.2) is 0 Å². The van der Waals surface area contributed by atoms with Gasteiger partial charge in [-0.2, -0.15) is 9.50 Å². The topological polar surface area (TPSA) is 81.1 Å². The second-order valence-electron chi connectivity index (χ2n) is 5.46. The fourth-order valence-corrected chi connectivity index (χ4v) is 3.52. The number of nitrogens with two attached hydrogens (primary N) is 1. The van der Waals surface area contributed by atoms with Gasteiger partial charge in [0, 0.05) is 17.5 Å². The molecule has 0 fully saturated rings. The molecule has 0 unspecified atom stereocenters. The SMILES string of the molecule is Cc1cc(NN)n2nc(SCc3cccc4ccccc34)nc2n1. The van der Waals surface area contributed by atoms with Crippen LogP contribution < -0.4 is 11.3 Å². The lowest BCUT2D eigenvalue weighted by molar-refractivity contribution is 0.875. The number of nitrogens with zero attached hydrogens (tertiary/aromatic N) is 4. The quantitative estimate of drug-likeness (QED) is 0.338. The van der Waals surface area contributed by atoms with Crippen molar-refractivity contribution in [2.75, 3.05) is 5.43 Å². The molecule has 120 valence electrons. The lowest BCUT2D eigenvalue weighted by atomic mass is 10.1. The number of thioether (sulfide) groups is 1. The molecule has 0 bridgehead atoms. The zero-order valence-corrected chi connectivity index (χ0v) is 13.9. The largest absolute Gasteiger partial charge is 0.308 e. The highest BCUT2D eigenvalue weighted by molar-refractivity contribution is 7.98. The predicted octanol–water partition coefficient (Wildman–Crippen LogP) is 3.16. The number of anilines is 1. The van der Waals surface area contributed by atoms with Crippen LogP contribution in [0.5, 0.6) is 0 Å². The van der Waals surface area contributed by atoms with Gasteiger partial charge in [0.05, 0.1) is 0 Å². The average Bonchev–Trinajstić information content (AvgIpc) is 3.01. The molecule has 24 heavy (non-hydrogen) atoms. The minimum atomic E-state index is 0.545. The minimum Gasteiger partial charge on any atom is -0.308 e. The van der Waals surface area contributed by atoms with Gasteiger partial charge in [-0.1, -0.05) is 54.2 Å². The van der Waals surface area contributed by atoms with E-state index in [9.17, 15) is 0 Å². The monoisotopic (exact) mass is 336 g/mol. The second kappa shape index (κ2) is 6.10. The number of nitrogens with one attached hydrogen (secondary N) is 1. The summed E-state index contributed by atoms with van der Waals surface area (Å²) in [7, 11) is 0. The number of rotatable bonds is 4. The van der Waals surface area contributed by atoms with Crippen molar-refractivity contribution in [1.82, 2.24) is 19.6 Å². The fraction of sp³-hybridized carbons (Fsp3) is 0.118. The number of aromatic nitrogens is 4. The molecule has 3 N–H and O–H groups in total. The van der Waals surface area contributed by atoms with Gasteiger partial charge in [-0.15, -0.1) is 5.10 Å². The van der Waals surface area contributed by atoms with Crippen LogP contribution in [0.4, 0.5) is 5.82 Å². The number of hydrazine groups is 1. The third-order valence-corrected chi connectivity index (χ3v) is 4.69. The lowest BCUT2D eigenvalue weighted by Gasteiger charge is -2.04. The van der Waals surface area contributed by atoms with E-state index in [0.29, 0.717) is 16.8 Å². The lowest BCUT2D eigenvalue weighted by Crippen LogP contribution is -2.12. The first kappa shape index (κ1) is 14.9. The summed E-state index contributed by atoms with van der Waals surface area (Å²) in [5.74, 6) is 7.56. The minimum absolute atomic E-state index is 0.545. The summed E-state index contributed by atoms with van der Waals surface area (Å²) in [6.45, 7) is 1.90. The van der Waals surface area contributed by atoms with Crippen molar-refractivity contribution in [1.29, 1.82) is 0 Å². The van der Waals surface area contributed by atoms with Crippen LogP contribution in [0, 0.1) is 6.92 Å². The van der Waals surface area contributed by atoms with E-state index in [0.717, 1.165) is 11.4 Å². The molecular formula is C17H16N6S. The van der Waals surface area contributed by atoms with Crippen LogP contribution in [0.3, 0.4) is 0 Å². The molecule has 0 radical (unpaired) electrons. The molecule has 0 aliphatic carbocycles. The van der Waals surface area contributed by atoms with Crippen molar-refractivity contribution < 1.29 is 0 Å². The van der Waals surface area contributed by atoms with Crippen LogP contribution in [0.1, 0.15) is 11.3 Å². The molecule has 0 aliphatic rings. The van der Waals surface area contributed by atoms with Crippen molar-refractivity contribution in [3.8, 4) is 0 Å². The molecule has 2 aromatic heterocycles. The van der Waals surface area contributed by atoms with Gasteiger partial charge in [-0.3, -0.25) is 0 Å². The van der Waals surface area contributed by atoms with Crippen molar-refractivity contribution >= 4 is 34.1 Å². The van der Waals surface area contributed by atoms with Crippen LogP contribution in [0.2, 0.25) is 0 Å². The summed E-state index contributed by atoms with van der Waals surface area (Å²) in [5.41, 5.74) is 4.74. The molecular weight excluding hydrogens is 320 g/mol. The molecule has 7 heteroatoms. The molecule has 4 rings (SSSR count). The van der Waals surface area contributed by atoms with Gasteiger partial charge < -0.3 is 5.43 Å². The Hall–Kier alpha value is -2.64.